The number of rotatable bonds is 5. The van der Waals surface area contributed by atoms with Crippen molar-refractivity contribution in [1.82, 2.24) is 14.6 Å². The van der Waals surface area contributed by atoms with E-state index in [2.05, 4.69) is 53.6 Å². The highest BCUT2D eigenvalue weighted by Gasteiger charge is 2.10. The second kappa shape index (κ2) is 9.12. The van der Waals surface area contributed by atoms with Crippen molar-refractivity contribution in [3.05, 3.63) is 94.6 Å². The van der Waals surface area contributed by atoms with Gasteiger partial charge >= 0.3 is 0 Å². The van der Waals surface area contributed by atoms with Crippen LogP contribution < -0.4 is 10.3 Å². The Labute approximate surface area is 203 Å². The van der Waals surface area contributed by atoms with E-state index in [-0.39, 0.29) is 17.1 Å². The van der Waals surface area contributed by atoms with Gasteiger partial charge in [-0.25, -0.2) is 9.97 Å². The van der Waals surface area contributed by atoms with Crippen LogP contribution in [-0.4, -0.2) is 25.8 Å². The molecule has 0 aliphatic heterocycles. The molecule has 4 rings (SSSR count). The van der Waals surface area contributed by atoms with Gasteiger partial charge in [0.25, 0.3) is 11.2 Å². The van der Waals surface area contributed by atoms with Crippen LogP contribution in [0.15, 0.2) is 69.1 Å². The van der Waals surface area contributed by atoms with E-state index in [0.29, 0.717) is 22.5 Å². The number of nitrogens with zero attached hydrogens (tertiary/aromatic N) is 5. The average Bonchev–Trinajstić information content (AvgIpc) is 2.76. The summed E-state index contributed by atoms with van der Waals surface area (Å²) >= 11 is 5.48. The fourth-order valence-electron chi connectivity index (χ4n) is 2.85. The number of halogens is 2. The summed E-state index contributed by atoms with van der Waals surface area (Å²) in [5, 5.41) is 15.5. The molecule has 2 aromatic carbocycles. The Hall–Kier alpha value is -3.19. The molecule has 0 saturated heterocycles. The number of hydrogen-bond donors (Lipinski definition) is 0. The number of nitro groups is 1. The lowest BCUT2D eigenvalue weighted by Crippen LogP contribution is -2.20. The molecule has 160 valence electrons. The first-order chi connectivity index (χ1) is 15.3. The van der Waals surface area contributed by atoms with E-state index >= 15 is 0 Å². The minimum absolute atomic E-state index is 0.111. The lowest BCUT2D eigenvalue weighted by Gasteiger charge is -2.08. The molecule has 4 aromatic rings. The van der Waals surface area contributed by atoms with Crippen LogP contribution in [0, 0.1) is 20.6 Å². The molecule has 0 fully saturated rings. The summed E-state index contributed by atoms with van der Waals surface area (Å²) in [7, 11) is 0. The van der Waals surface area contributed by atoms with E-state index in [1.807, 2.05) is 12.1 Å². The van der Waals surface area contributed by atoms with Gasteiger partial charge in [0.15, 0.2) is 0 Å². The minimum Gasteiger partial charge on any atom is -0.438 e. The maximum absolute atomic E-state index is 12.8. The summed E-state index contributed by atoms with van der Waals surface area (Å²) < 4.78 is 8.52. The molecule has 0 aliphatic carbocycles. The van der Waals surface area contributed by atoms with Crippen molar-refractivity contribution in [2.75, 3.05) is 0 Å². The van der Waals surface area contributed by atoms with Gasteiger partial charge in [-0.15, -0.1) is 0 Å². The Morgan fingerprint density at radius 3 is 2.72 bits per heavy atom. The van der Waals surface area contributed by atoms with Crippen molar-refractivity contribution < 1.29 is 9.66 Å². The number of hydrogen-bond acceptors (Lipinski definition) is 7. The average molecular weight is 606 g/mol. The highest BCUT2D eigenvalue weighted by molar-refractivity contribution is 14.1. The van der Waals surface area contributed by atoms with E-state index < -0.39 is 4.92 Å². The quantitative estimate of drug-likeness (QED) is 0.136. The van der Waals surface area contributed by atoms with E-state index in [1.165, 1.54) is 16.8 Å². The Morgan fingerprint density at radius 2 is 2.03 bits per heavy atom. The third kappa shape index (κ3) is 4.67. The maximum Gasteiger partial charge on any atom is 0.287 e. The van der Waals surface area contributed by atoms with E-state index in [1.54, 1.807) is 37.4 Å². The summed E-state index contributed by atoms with van der Waals surface area (Å²) in [6.07, 6.45) is 2.70. The van der Waals surface area contributed by atoms with Crippen LogP contribution in [0.25, 0.3) is 10.9 Å². The SMILES string of the molecule is Cc1nc2ccc(Br)cc2c(=O)n1N=Cc1ccc(Oc2ccc([N+](=O)[O-])cn2)c(I)c1. The molecule has 32 heavy (non-hydrogen) atoms. The molecule has 0 unspecified atom stereocenters. The number of fused-ring (bicyclic) bond motifs is 1. The molecule has 9 nitrogen and oxygen atoms in total. The van der Waals surface area contributed by atoms with Crippen LogP contribution in [0.3, 0.4) is 0 Å². The number of aromatic nitrogens is 3. The second-order valence-corrected chi connectivity index (χ2v) is 8.66. The molecule has 0 aliphatic rings. The summed E-state index contributed by atoms with van der Waals surface area (Å²) in [6, 6.07) is 13.4. The van der Waals surface area contributed by atoms with Crippen LogP contribution in [0.5, 0.6) is 11.6 Å². The third-order valence-corrected chi connectivity index (χ3v) is 5.73. The molecule has 0 saturated carbocycles. The van der Waals surface area contributed by atoms with E-state index in [4.69, 9.17) is 4.74 Å². The van der Waals surface area contributed by atoms with Gasteiger partial charge in [-0.1, -0.05) is 15.9 Å². The van der Waals surface area contributed by atoms with Crippen molar-refractivity contribution in [2.45, 2.75) is 6.92 Å². The highest BCUT2D eigenvalue weighted by Crippen LogP contribution is 2.27. The highest BCUT2D eigenvalue weighted by atomic mass is 127. The van der Waals surface area contributed by atoms with Gasteiger partial charge in [-0.05, 0) is 71.5 Å². The molecular weight excluding hydrogens is 593 g/mol. The van der Waals surface area contributed by atoms with Crippen LogP contribution >= 0.6 is 38.5 Å². The molecule has 0 bridgehead atoms. The van der Waals surface area contributed by atoms with Crippen molar-refractivity contribution in [1.29, 1.82) is 0 Å². The predicted octanol–water partition coefficient (Wildman–Crippen LogP) is 5.05. The smallest absolute Gasteiger partial charge is 0.287 e. The fraction of sp³-hybridized carbons (Fsp3) is 0.0476. The lowest BCUT2D eigenvalue weighted by molar-refractivity contribution is -0.385. The molecule has 2 heterocycles. The topological polar surface area (TPSA) is 113 Å². The zero-order valence-corrected chi connectivity index (χ0v) is 20.1. The minimum atomic E-state index is -0.522. The van der Waals surface area contributed by atoms with Gasteiger partial charge in [-0.3, -0.25) is 14.9 Å². The Kier molecular flexibility index (Phi) is 6.28. The summed E-state index contributed by atoms with van der Waals surface area (Å²) in [5.41, 5.74) is 0.987. The third-order valence-electron chi connectivity index (χ3n) is 4.39. The molecule has 2 aromatic heterocycles. The number of benzene rings is 2. The lowest BCUT2D eigenvalue weighted by atomic mass is 10.2. The van der Waals surface area contributed by atoms with E-state index in [0.717, 1.165) is 19.8 Å². The summed E-state index contributed by atoms with van der Waals surface area (Å²) in [6.45, 7) is 1.72. The van der Waals surface area contributed by atoms with Crippen molar-refractivity contribution in [2.24, 2.45) is 5.10 Å². The first-order valence-corrected chi connectivity index (χ1v) is 11.0. The van der Waals surface area contributed by atoms with E-state index in [9.17, 15) is 14.9 Å². The van der Waals surface area contributed by atoms with Gasteiger partial charge < -0.3 is 4.74 Å². The molecule has 0 spiro atoms. The Morgan fingerprint density at radius 1 is 1.22 bits per heavy atom. The monoisotopic (exact) mass is 605 g/mol. The fourth-order valence-corrected chi connectivity index (χ4v) is 3.86. The zero-order chi connectivity index (χ0) is 22.8. The second-order valence-electron chi connectivity index (χ2n) is 6.59. The normalized spacial score (nSPS) is 11.2. The standard InChI is InChI=1S/C21H13BrIN5O4/c1-12-26-18-5-3-14(22)9-16(18)21(29)27(12)25-10-13-2-6-19(17(23)8-13)32-20-7-4-15(11-24-20)28(30)31/h2-11H,1H3. The first kappa shape index (κ1) is 22.0. The van der Waals surface area contributed by atoms with Crippen LogP contribution in [0.1, 0.15) is 11.4 Å². The Balaban J connectivity index is 1.58. The number of ether oxygens (including phenoxy) is 1. The van der Waals surface area contributed by atoms with Gasteiger partial charge in [0, 0.05) is 16.6 Å². The van der Waals surface area contributed by atoms with Crippen molar-refractivity contribution in [3.63, 3.8) is 0 Å². The number of aryl methyl sites for hydroxylation is 1. The number of pyridine rings is 1. The molecule has 0 amide bonds. The summed E-state index contributed by atoms with van der Waals surface area (Å²) in [5.74, 6) is 1.25. The van der Waals surface area contributed by atoms with Crippen molar-refractivity contribution in [3.8, 4) is 11.6 Å². The molecular formula is C21H13BrIN5O4. The van der Waals surface area contributed by atoms with Gasteiger partial charge in [0.05, 0.1) is 25.6 Å². The summed E-state index contributed by atoms with van der Waals surface area (Å²) in [4.78, 5) is 31.4. The Bertz CT molecular complexity index is 1440. The zero-order valence-electron chi connectivity index (χ0n) is 16.4. The largest absolute Gasteiger partial charge is 0.438 e. The molecule has 0 N–H and O–H groups in total. The van der Waals surface area contributed by atoms with Crippen LogP contribution in [0.2, 0.25) is 0 Å². The molecule has 0 atom stereocenters. The van der Waals surface area contributed by atoms with Crippen LogP contribution in [-0.2, 0) is 0 Å². The molecule has 0 radical (unpaired) electrons. The first-order valence-electron chi connectivity index (χ1n) is 9.13. The maximum atomic E-state index is 12.8. The van der Waals surface area contributed by atoms with Gasteiger partial charge in [0.2, 0.25) is 5.88 Å². The predicted molar refractivity (Wildman–Crippen MR) is 132 cm³/mol. The van der Waals surface area contributed by atoms with Gasteiger partial charge in [-0.2, -0.15) is 9.78 Å². The van der Waals surface area contributed by atoms with Crippen LogP contribution in [0.4, 0.5) is 5.69 Å². The van der Waals surface area contributed by atoms with Crippen molar-refractivity contribution >= 4 is 61.3 Å². The molecule has 11 heteroatoms. The van der Waals surface area contributed by atoms with Gasteiger partial charge in [0.1, 0.15) is 17.8 Å².